The number of phosphoric ester groups is 1. The van der Waals surface area contributed by atoms with Crippen LogP contribution in [0.4, 0.5) is 0 Å². The number of hydrogen-bond donors (Lipinski definition) is 3. The smallest absolute Gasteiger partial charge is 0.387 e. The fourth-order valence-electron chi connectivity index (χ4n) is 11.6. The summed E-state index contributed by atoms with van der Waals surface area (Å²) in [5.74, 6) is -0.182. The summed E-state index contributed by atoms with van der Waals surface area (Å²) in [6.45, 7) is 4.85. The fourth-order valence-corrected chi connectivity index (χ4v) is 12.3. The van der Waals surface area contributed by atoms with E-state index in [1.807, 2.05) is 27.2 Å². The van der Waals surface area contributed by atoms with Crippen molar-refractivity contribution < 1.29 is 32.9 Å². The molecule has 0 rings (SSSR count). The highest BCUT2D eigenvalue weighted by Gasteiger charge is 2.28. The minimum atomic E-state index is -4.37. The highest BCUT2D eigenvalue weighted by atomic mass is 31.2. The van der Waals surface area contributed by atoms with Crippen LogP contribution in [0.2, 0.25) is 0 Å². The third-order valence-corrected chi connectivity index (χ3v) is 18.3. The Morgan fingerprint density at radius 3 is 0.952 bits per heavy atom. The van der Waals surface area contributed by atoms with Crippen molar-refractivity contribution in [1.29, 1.82) is 0 Å². The zero-order valence-electron chi connectivity index (χ0n) is 57.2. The van der Waals surface area contributed by atoms with Crippen LogP contribution in [-0.2, 0) is 18.4 Å². The number of carbonyl (C=O) groups is 1. The first-order valence-corrected chi connectivity index (χ1v) is 38.9. The SMILES string of the molecule is CCCCCCCCCCCCCCCCCCCCC/C=C/CC/C=C/CC/C=C/C(O)C(COP(=O)(O)OCC[N+](C)(C)C)NC(=O)CCCCCCCCCCCCCCCCCCCCCCCCCCCCCCCCCCC. The highest BCUT2D eigenvalue weighted by Crippen LogP contribution is 2.43. The Bertz CT molecular complexity index is 1460. The lowest BCUT2D eigenvalue weighted by Gasteiger charge is -2.25. The first-order valence-electron chi connectivity index (χ1n) is 37.4. The largest absolute Gasteiger partial charge is 0.472 e. The molecule has 8 nitrogen and oxygen atoms in total. The first-order chi connectivity index (χ1) is 41.0. The molecule has 3 unspecified atom stereocenters. The van der Waals surface area contributed by atoms with E-state index in [2.05, 4.69) is 43.5 Å². The van der Waals surface area contributed by atoms with Gasteiger partial charge in [-0.25, -0.2) is 4.57 Å². The van der Waals surface area contributed by atoms with Gasteiger partial charge in [0, 0.05) is 6.42 Å². The Morgan fingerprint density at radius 1 is 0.393 bits per heavy atom. The maximum Gasteiger partial charge on any atom is 0.472 e. The summed E-state index contributed by atoms with van der Waals surface area (Å²) in [5, 5.41) is 14.0. The third-order valence-electron chi connectivity index (χ3n) is 17.3. The van der Waals surface area contributed by atoms with Crippen molar-refractivity contribution in [1.82, 2.24) is 5.32 Å². The van der Waals surface area contributed by atoms with Crippen molar-refractivity contribution in [2.24, 2.45) is 0 Å². The van der Waals surface area contributed by atoms with Crippen LogP contribution in [0.3, 0.4) is 0 Å². The van der Waals surface area contributed by atoms with Crippen molar-refractivity contribution in [3.05, 3.63) is 36.5 Å². The van der Waals surface area contributed by atoms with E-state index in [9.17, 15) is 19.4 Å². The molecule has 0 aliphatic heterocycles. The van der Waals surface area contributed by atoms with Crippen LogP contribution >= 0.6 is 7.82 Å². The van der Waals surface area contributed by atoms with Gasteiger partial charge in [-0.1, -0.05) is 371 Å². The Kier molecular flexibility index (Phi) is 65.1. The van der Waals surface area contributed by atoms with Gasteiger partial charge in [-0.15, -0.1) is 0 Å². The molecule has 0 saturated heterocycles. The summed E-state index contributed by atoms with van der Waals surface area (Å²) >= 11 is 0. The van der Waals surface area contributed by atoms with Gasteiger partial charge in [0.05, 0.1) is 39.9 Å². The predicted octanol–water partition coefficient (Wildman–Crippen LogP) is 24.0. The average molecular weight is 1200 g/mol. The second kappa shape index (κ2) is 66.1. The standard InChI is InChI=1S/C75H147N2O6P/c1-6-8-10-12-14-16-18-20-22-24-26-28-30-32-34-36-37-38-39-41-43-45-47-49-51-53-55-57-59-61-63-65-67-69-75(79)76-73(72-83-84(80,81)82-71-70-77(3,4)5)74(78)68-66-64-62-60-58-56-54-52-50-48-46-44-42-40-35-33-31-29-27-25-23-21-19-17-15-13-11-9-7-2/h50,52,58,60,66,68,73-74,78H,6-49,51,53-57,59,61-65,67,69-72H2,1-5H3,(H-,76,79,80,81)/p+1/b52-50+,60-58+,68-66+. The molecule has 0 radical (unpaired) electrons. The monoisotopic (exact) mass is 1200 g/mol. The molecule has 498 valence electrons. The number of allylic oxidation sites excluding steroid dienone is 5. The van der Waals surface area contributed by atoms with Crippen LogP contribution in [0.5, 0.6) is 0 Å². The molecule has 0 aliphatic carbocycles. The van der Waals surface area contributed by atoms with E-state index in [4.69, 9.17) is 9.05 Å². The highest BCUT2D eigenvalue weighted by molar-refractivity contribution is 7.47. The second-order valence-electron chi connectivity index (χ2n) is 27.0. The Balaban J connectivity index is 4.04. The predicted molar refractivity (Wildman–Crippen MR) is 369 cm³/mol. The second-order valence-corrected chi connectivity index (χ2v) is 28.5. The minimum absolute atomic E-state index is 0.0555. The number of rotatable bonds is 70. The zero-order valence-corrected chi connectivity index (χ0v) is 58.1. The molecule has 3 N–H and O–H groups in total. The first kappa shape index (κ1) is 82.7. The number of nitrogens with zero attached hydrogens (tertiary/aromatic N) is 1. The Labute approximate surface area is 525 Å². The number of unbranched alkanes of at least 4 members (excludes halogenated alkanes) is 53. The molecule has 0 aromatic heterocycles. The van der Waals surface area contributed by atoms with Gasteiger partial charge in [0.25, 0.3) is 0 Å². The summed E-state index contributed by atoms with van der Waals surface area (Å²) in [6.07, 6.45) is 89.0. The third kappa shape index (κ3) is 68.2. The molecule has 9 heteroatoms. The molecule has 0 heterocycles. The topological polar surface area (TPSA) is 105 Å². The van der Waals surface area contributed by atoms with Crippen molar-refractivity contribution >= 4 is 13.7 Å². The van der Waals surface area contributed by atoms with E-state index in [0.29, 0.717) is 17.4 Å². The summed E-state index contributed by atoms with van der Waals surface area (Å²) in [4.78, 5) is 23.4. The van der Waals surface area contributed by atoms with E-state index in [1.165, 1.54) is 321 Å². The summed E-state index contributed by atoms with van der Waals surface area (Å²) in [6, 6.07) is -0.870. The van der Waals surface area contributed by atoms with E-state index < -0.39 is 20.0 Å². The molecule has 0 aromatic rings. The zero-order chi connectivity index (χ0) is 61.2. The number of aliphatic hydroxyl groups excluding tert-OH is 1. The van der Waals surface area contributed by atoms with Crippen molar-refractivity contribution in [2.45, 2.75) is 398 Å². The number of likely N-dealkylation sites (N-methyl/N-ethyl adjacent to an activating group) is 1. The van der Waals surface area contributed by atoms with Gasteiger partial charge in [0.2, 0.25) is 5.91 Å². The van der Waals surface area contributed by atoms with Gasteiger partial charge < -0.3 is 19.8 Å². The van der Waals surface area contributed by atoms with Crippen molar-refractivity contribution in [3.8, 4) is 0 Å². The molecule has 0 bridgehead atoms. The number of quaternary nitrogens is 1. The minimum Gasteiger partial charge on any atom is -0.387 e. The average Bonchev–Trinajstić information content (AvgIpc) is 3.56. The van der Waals surface area contributed by atoms with Crippen molar-refractivity contribution in [2.75, 3.05) is 40.9 Å². The van der Waals surface area contributed by atoms with Crippen molar-refractivity contribution in [3.63, 3.8) is 0 Å². The Hall–Kier alpha value is -1.28. The summed E-state index contributed by atoms with van der Waals surface area (Å²) in [5.41, 5.74) is 0. The van der Waals surface area contributed by atoms with E-state index >= 15 is 0 Å². The van der Waals surface area contributed by atoms with E-state index in [0.717, 1.165) is 44.9 Å². The molecular weight excluding hydrogens is 1060 g/mol. The molecule has 0 spiro atoms. The molecule has 1 amide bonds. The van der Waals surface area contributed by atoms with Crippen LogP contribution < -0.4 is 5.32 Å². The number of phosphoric acid groups is 1. The molecule has 0 aromatic carbocycles. The van der Waals surface area contributed by atoms with E-state index in [-0.39, 0.29) is 19.1 Å². The number of carbonyl (C=O) groups excluding carboxylic acids is 1. The number of nitrogens with one attached hydrogen (secondary N) is 1. The van der Waals surface area contributed by atoms with Crippen LogP contribution in [0, 0.1) is 0 Å². The summed E-state index contributed by atoms with van der Waals surface area (Å²) < 4.78 is 23.8. The maximum atomic E-state index is 13.1. The Morgan fingerprint density at radius 2 is 0.655 bits per heavy atom. The normalized spacial score (nSPS) is 13.8. The van der Waals surface area contributed by atoms with Gasteiger partial charge in [-0.3, -0.25) is 13.8 Å². The molecule has 3 atom stereocenters. The number of aliphatic hydroxyl groups is 1. The molecule has 84 heavy (non-hydrogen) atoms. The quantitative estimate of drug-likeness (QED) is 0.0243. The fraction of sp³-hybridized carbons (Fsp3) is 0.907. The van der Waals surface area contributed by atoms with Crippen LogP contribution in [-0.4, -0.2) is 73.4 Å². The van der Waals surface area contributed by atoms with Gasteiger partial charge in [-0.05, 0) is 44.9 Å². The molecule has 0 aliphatic rings. The summed E-state index contributed by atoms with van der Waals surface area (Å²) in [7, 11) is 1.56. The molecular formula is C75H148N2O6P+. The number of hydrogen-bond acceptors (Lipinski definition) is 5. The van der Waals surface area contributed by atoms with Crippen LogP contribution in [0.25, 0.3) is 0 Å². The molecule has 0 saturated carbocycles. The lowest BCUT2D eigenvalue weighted by atomic mass is 10.0. The van der Waals surface area contributed by atoms with Gasteiger partial charge in [0.1, 0.15) is 13.2 Å². The van der Waals surface area contributed by atoms with Crippen LogP contribution in [0.15, 0.2) is 36.5 Å². The van der Waals surface area contributed by atoms with Gasteiger partial charge >= 0.3 is 7.82 Å². The van der Waals surface area contributed by atoms with Gasteiger partial charge in [-0.2, -0.15) is 0 Å². The van der Waals surface area contributed by atoms with E-state index in [1.54, 1.807) is 6.08 Å². The van der Waals surface area contributed by atoms with Crippen LogP contribution in [0.1, 0.15) is 386 Å². The number of amides is 1. The lowest BCUT2D eigenvalue weighted by molar-refractivity contribution is -0.870. The lowest BCUT2D eigenvalue weighted by Crippen LogP contribution is -2.45. The molecule has 0 fully saturated rings. The van der Waals surface area contributed by atoms with Gasteiger partial charge in [0.15, 0.2) is 0 Å². The maximum absolute atomic E-state index is 13.1.